The van der Waals surface area contributed by atoms with E-state index in [1.165, 1.54) is 6.92 Å². The number of carboxylic acid groups (broad SMARTS) is 1. The van der Waals surface area contributed by atoms with Crippen LogP contribution in [0.5, 0.6) is 0 Å². The zero-order valence-corrected chi connectivity index (χ0v) is 9.14. The van der Waals surface area contributed by atoms with Crippen LogP contribution in [0, 0.1) is 0 Å². The van der Waals surface area contributed by atoms with E-state index in [1.807, 2.05) is 30.3 Å². The molecule has 0 heterocycles. The second-order valence-corrected chi connectivity index (χ2v) is 3.22. The van der Waals surface area contributed by atoms with Crippen molar-refractivity contribution in [3.63, 3.8) is 0 Å². The zero-order chi connectivity index (χ0) is 12.0. The summed E-state index contributed by atoms with van der Waals surface area (Å²) in [7, 11) is 0. The van der Waals surface area contributed by atoms with E-state index >= 15 is 0 Å². The number of benzene rings is 1. The monoisotopic (exact) mass is 218 g/mol. The third-order valence-electron chi connectivity index (χ3n) is 2.04. The molecule has 0 atom stereocenters. The first-order chi connectivity index (χ1) is 7.66. The summed E-state index contributed by atoms with van der Waals surface area (Å²) in [5.74, 6) is -0.601. The van der Waals surface area contributed by atoms with Crippen LogP contribution < -0.4 is 0 Å². The second-order valence-electron chi connectivity index (χ2n) is 3.22. The summed E-state index contributed by atoms with van der Waals surface area (Å²) < 4.78 is 5.38. The van der Waals surface area contributed by atoms with Gasteiger partial charge in [0, 0.05) is 5.56 Å². The summed E-state index contributed by atoms with van der Waals surface area (Å²) in [6.45, 7) is 5.34. The smallest absolute Gasteiger partial charge is 0.335 e. The summed E-state index contributed by atoms with van der Waals surface area (Å²) in [4.78, 5) is 10.9. The number of carboxylic acids is 1. The van der Waals surface area contributed by atoms with Crippen LogP contribution in [0.1, 0.15) is 12.5 Å². The second kappa shape index (κ2) is 5.75. The van der Waals surface area contributed by atoms with Crippen molar-refractivity contribution in [2.45, 2.75) is 6.92 Å². The van der Waals surface area contributed by atoms with Crippen molar-refractivity contribution in [3.05, 3.63) is 54.1 Å². The van der Waals surface area contributed by atoms with Gasteiger partial charge in [-0.25, -0.2) is 4.79 Å². The van der Waals surface area contributed by atoms with E-state index in [0.29, 0.717) is 5.76 Å². The van der Waals surface area contributed by atoms with Crippen molar-refractivity contribution in [1.29, 1.82) is 0 Å². The first kappa shape index (κ1) is 12.0. The topological polar surface area (TPSA) is 46.5 Å². The molecule has 0 aliphatic carbocycles. The Morgan fingerprint density at radius 3 is 2.56 bits per heavy atom. The maximum Gasteiger partial charge on any atom is 0.335 e. The average Bonchev–Trinajstić information content (AvgIpc) is 2.30. The van der Waals surface area contributed by atoms with Gasteiger partial charge in [-0.1, -0.05) is 43.0 Å². The Labute approximate surface area is 94.7 Å². The Kier molecular flexibility index (Phi) is 4.33. The number of carbonyl (C=O) groups is 1. The molecule has 0 aromatic heterocycles. The molecule has 0 saturated carbocycles. The van der Waals surface area contributed by atoms with Crippen LogP contribution in [0.25, 0.3) is 5.76 Å². The Morgan fingerprint density at radius 2 is 2.06 bits per heavy atom. The Balaban J connectivity index is 3.10. The van der Waals surface area contributed by atoms with Crippen LogP contribution in [0.3, 0.4) is 0 Å². The van der Waals surface area contributed by atoms with Gasteiger partial charge in [0.1, 0.15) is 12.4 Å². The third kappa shape index (κ3) is 2.98. The van der Waals surface area contributed by atoms with Crippen LogP contribution in [-0.4, -0.2) is 17.7 Å². The predicted octanol–water partition coefficient (Wildman–Crippen LogP) is 2.70. The minimum atomic E-state index is -0.983. The van der Waals surface area contributed by atoms with Gasteiger partial charge >= 0.3 is 5.97 Å². The van der Waals surface area contributed by atoms with Crippen LogP contribution in [-0.2, 0) is 9.53 Å². The van der Waals surface area contributed by atoms with Crippen LogP contribution in [0.4, 0.5) is 0 Å². The number of ether oxygens (including phenoxy) is 1. The summed E-state index contributed by atoms with van der Waals surface area (Å²) in [5, 5.41) is 8.95. The molecule has 0 bridgehead atoms. The molecular formula is C13H14O3. The number of aliphatic carboxylic acids is 1. The largest absolute Gasteiger partial charge is 0.488 e. The first-order valence-electron chi connectivity index (χ1n) is 4.90. The summed E-state index contributed by atoms with van der Waals surface area (Å²) in [6, 6.07) is 9.16. The van der Waals surface area contributed by atoms with E-state index in [2.05, 4.69) is 6.58 Å². The van der Waals surface area contributed by atoms with E-state index in [-0.39, 0.29) is 12.2 Å². The highest BCUT2D eigenvalue weighted by Crippen LogP contribution is 2.20. The quantitative estimate of drug-likeness (QED) is 0.469. The van der Waals surface area contributed by atoms with Crippen LogP contribution in [0.15, 0.2) is 48.6 Å². The van der Waals surface area contributed by atoms with Gasteiger partial charge in [0.15, 0.2) is 0 Å². The molecule has 1 N–H and O–H groups in total. The lowest BCUT2D eigenvalue weighted by Gasteiger charge is -2.10. The molecule has 1 aromatic carbocycles. The van der Waals surface area contributed by atoms with E-state index in [1.54, 1.807) is 6.08 Å². The van der Waals surface area contributed by atoms with E-state index in [9.17, 15) is 4.79 Å². The zero-order valence-electron chi connectivity index (χ0n) is 9.14. The van der Waals surface area contributed by atoms with Gasteiger partial charge in [-0.2, -0.15) is 0 Å². The molecule has 0 aliphatic rings. The molecule has 16 heavy (non-hydrogen) atoms. The molecule has 1 aromatic rings. The molecule has 3 nitrogen and oxygen atoms in total. The van der Waals surface area contributed by atoms with E-state index in [4.69, 9.17) is 9.84 Å². The van der Waals surface area contributed by atoms with Crippen molar-refractivity contribution in [1.82, 2.24) is 0 Å². The van der Waals surface area contributed by atoms with Gasteiger partial charge in [0.2, 0.25) is 0 Å². The lowest BCUT2D eigenvalue weighted by Crippen LogP contribution is -2.04. The van der Waals surface area contributed by atoms with E-state index < -0.39 is 5.97 Å². The Bertz CT molecular complexity index is 404. The lowest BCUT2D eigenvalue weighted by molar-refractivity contribution is -0.132. The molecule has 0 radical (unpaired) electrons. The van der Waals surface area contributed by atoms with E-state index in [0.717, 1.165) is 5.56 Å². The molecule has 0 saturated heterocycles. The molecule has 0 fully saturated rings. The summed E-state index contributed by atoms with van der Waals surface area (Å²) >= 11 is 0. The minimum Gasteiger partial charge on any atom is -0.488 e. The van der Waals surface area contributed by atoms with Crippen molar-refractivity contribution in [2.75, 3.05) is 6.61 Å². The van der Waals surface area contributed by atoms with Gasteiger partial charge in [0.25, 0.3) is 0 Å². The lowest BCUT2D eigenvalue weighted by atomic mass is 10.1. The average molecular weight is 218 g/mol. The van der Waals surface area contributed by atoms with Gasteiger partial charge in [-0.05, 0) is 6.92 Å². The molecule has 0 amide bonds. The number of hydrogen-bond donors (Lipinski definition) is 1. The van der Waals surface area contributed by atoms with Gasteiger partial charge < -0.3 is 9.84 Å². The summed E-state index contributed by atoms with van der Waals surface area (Å²) in [5.41, 5.74) is 0.942. The van der Waals surface area contributed by atoms with Crippen LogP contribution >= 0.6 is 0 Å². The fourth-order valence-electron chi connectivity index (χ4n) is 1.24. The van der Waals surface area contributed by atoms with Crippen LogP contribution in [0.2, 0.25) is 0 Å². The molecule has 0 unspecified atom stereocenters. The minimum absolute atomic E-state index is 0.188. The maximum atomic E-state index is 10.9. The molecule has 1 rings (SSSR count). The predicted molar refractivity (Wildman–Crippen MR) is 62.8 cm³/mol. The number of rotatable bonds is 5. The normalized spacial score (nSPS) is 11.6. The Morgan fingerprint density at radius 1 is 1.44 bits per heavy atom. The summed E-state index contributed by atoms with van der Waals surface area (Å²) in [6.07, 6.45) is 1.58. The maximum absolute atomic E-state index is 10.9. The third-order valence-corrected chi connectivity index (χ3v) is 2.04. The molecular weight excluding hydrogens is 204 g/mol. The number of hydrogen-bond acceptors (Lipinski definition) is 2. The highest BCUT2D eigenvalue weighted by Gasteiger charge is 2.12. The van der Waals surface area contributed by atoms with Crippen molar-refractivity contribution < 1.29 is 14.6 Å². The SMILES string of the molecule is C=CCO/C(=C(\C)C(=O)O)c1ccccc1. The highest BCUT2D eigenvalue weighted by molar-refractivity contribution is 5.94. The van der Waals surface area contributed by atoms with Crippen molar-refractivity contribution in [3.8, 4) is 0 Å². The van der Waals surface area contributed by atoms with Crippen molar-refractivity contribution in [2.24, 2.45) is 0 Å². The Hall–Kier alpha value is -2.03. The van der Waals surface area contributed by atoms with Gasteiger partial charge in [-0.3, -0.25) is 0 Å². The van der Waals surface area contributed by atoms with Gasteiger partial charge in [-0.15, -0.1) is 0 Å². The highest BCUT2D eigenvalue weighted by atomic mass is 16.5. The standard InChI is InChI=1S/C13H14O3/c1-3-9-16-12(10(2)13(14)15)11-7-5-4-6-8-11/h3-8H,1,9H2,2H3,(H,14,15)/b12-10+. The fraction of sp³-hybridized carbons (Fsp3) is 0.154. The molecule has 3 heteroatoms. The first-order valence-corrected chi connectivity index (χ1v) is 4.90. The molecule has 0 aliphatic heterocycles. The molecule has 84 valence electrons. The molecule has 0 spiro atoms. The van der Waals surface area contributed by atoms with Crippen molar-refractivity contribution >= 4 is 11.7 Å². The fourth-order valence-corrected chi connectivity index (χ4v) is 1.24. The van der Waals surface area contributed by atoms with Gasteiger partial charge in [0.05, 0.1) is 5.57 Å².